The summed E-state index contributed by atoms with van der Waals surface area (Å²) in [5, 5.41) is 5.88. The normalized spacial score (nSPS) is 23.5. The molecule has 0 radical (unpaired) electrons. The minimum absolute atomic E-state index is 0.0827. The lowest BCUT2D eigenvalue weighted by atomic mass is 9.78. The van der Waals surface area contributed by atoms with Gasteiger partial charge in [-0.25, -0.2) is 14.8 Å². The SMILES string of the molecule is COC(=O)N[C@H](C(=O)N1CC2(C[C@H]1c1ncc(-c3ccc(-c4ccc(-c5cnc(C6C7CCC(C7)C6C(=O)NCc6cccnc6)[nH]5)cc4)cc3)[nH]1)OCCO2)C(C)C. The lowest BCUT2D eigenvalue weighted by Gasteiger charge is -2.30. The van der Waals surface area contributed by atoms with Gasteiger partial charge >= 0.3 is 6.09 Å². The van der Waals surface area contributed by atoms with E-state index in [2.05, 4.69) is 74.1 Å². The van der Waals surface area contributed by atoms with Gasteiger partial charge in [-0.05, 0) is 70.9 Å². The molecule has 5 aromatic rings. The number of benzene rings is 2. The van der Waals surface area contributed by atoms with Crippen LogP contribution in [0.3, 0.4) is 0 Å². The number of H-pyrrole nitrogens is 2. The maximum atomic E-state index is 14.0. The summed E-state index contributed by atoms with van der Waals surface area (Å²) in [5.41, 5.74) is 6.87. The molecule has 14 nitrogen and oxygen atoms in total. The molecule has 9 rings (SSSR count). The molecule has 59 heavy (non-hydrogen) atoms. The van der Waals surface area contributed by atoms with E-state index in [-0.39, 0.29) is 36.1 Å². The minimum Gasteiger partial charge on any atom is -0.453 e. The Hall–Kier alpha value is -5.86. The number of rotatable bonds is 11. The second-order valence-electron chi connectivity index (χ2n) is 16.6. The van der Waals surface area contributed by atoms with Crippen molar-refractivity contribution < 1.29 is 28.6 Å². The Morgan fingerprint density at radius 1 is 0.864 bits per heavy atom. The summed E-state index contributed by atoms with van der Waals surface area (Å²) >= 11 is 0. The second kappa shape index (κ2) is 16.1. The molecule has 1 spiro atoms. The molecule has 4 N–H and O–H groups in total. The largest absolute Gasteiger partial charge is 0.453 e. The average Bonchev–Trinajstić information content (AvgIpc) is 4.14. The van der Waals surface area contributed by atoms with E-state index >= 15 is 0 Å². The molecule has 2 saturated carbocycles. The van der Waals surface area contributed by atoms with Crippen molar-refractivity contribution in [3.63, 3.8) is 0 Å². The number of alkyl carbamates (subject to hydrolysis) is 1. The van der Waals surface area contributed by atoms with Crippen molar-refractivity contribution in [2.24, 2.45) is 23.7 Å². The number of imidazole rings is 2. The predicted octanol–water partition coefficient (Wildman–Crippen LogP) is 6.37. The summed E-state index contributed by atoms with van der Waals surface area (Å²) in [5.74, 6) is 1.11. The van der Waals surface area contributed by atoms with Crippen LogP contribution in [0.5, 0.6) is 0 Å². The monoisotopic (exact) mass is 798 g/mol. The van der Waals surface area contributed by atoms with Crippen molar-refractivity contribution in [1.82, 2.24) is 40.5 Å². The molecule has 2 aromatic carbocycles. The number of aromatic amines is 2. The molecule has 2 aliphatic carbocycles. The third-order valence-electron chi connectivity index (χ3n) is 12.7. The van der Waals surface area contributed by atoms with E-state index < -0.39 is 24.0 Å². The highest BCUT2D eigenvalue weighted by molar-refractivity contribution is 5.86. The van der Waals surface area contributed by atoms with Crippen LogP contribution in [0.15, 0.2) is 85.5 Å². The van der Waals surface area contributed by atoms with Gasteiger partial charge in [0.25, 0.3) is 0 Å². The zero-order chi connectivity index (χ0) is 40.7. The first-order valence-electron chi connectivity index (χ1n) is 20.6. The number of likely N-dealkylation sites (tertiary alicyclic amines) is 1. The fraction of sp³-hybridized carbons (Fsp3) is 0.422. The second-order valence-corrected chi connectivity index (χ2v) is 16.6. The fourth-order valence-corrected chi connectivity index (χ4v) is 9.76. The third-order valence-corrected chi connectivity index (χ3v) is 12.7. The van der Waals surface area contributed by atoms with Crippen LogP contribution in [0.25, 0.3) is 33.6 Å². The first kappa shape index (κ1) is 38.6. The van der Waals surface area contributed by atoms with Gasteiger partial charge in [0.2, 0.25) is 11.8 Å². The summed E-state index contributed by atoms with van der Waals surface area (Å²) in [7, 11) is 1.28. The Morgan fingerprint density at radius 3 is 2.12 bits per heavy atom. The molecule has 3 amide bonds. The van der Waals surface area contributed by atoms with Crippen molar-refractivity contribution in [2.45, 2.75) is 69.9 Å². The van der Waals surface area contributed by atoms with Gasteiger partial charge in [0.05, 0.1) is 62.6 Å². The van der Waals surface area contributed by atoms with Crippen LogP contribution >= 0.6 is 0 Å². The zero-order valence-electron chi connectivity index (χ0n) is 33.5. The van der Waals surface area contributed by atoms with E-state index in [4.69, 9.17) is 24.2 Å². The van der Waals surface area contributed by atoms with Crippen LogP contribution in [0, 0.1) is 23.7 Å². The van der Waals surface area contributed by atoms with Crippen LogP contribution in [0.4, 0.5) is 4.79 Å². The molecule has 4 fully saturated rings. The number of amides is 3. The Kier molecular flexibility index (Phi) is 10.5. The Balaban J connectivity index is 0.874. The maximum Gasteiger partial charge on any atom is 0.407 e. The van der Waals surface area contributed by atoms with Crippen molar-refractivity contribution >= 4 is 17.9 Å². The molecule has 5 heterocycles. The molecule has 4 aliphatic rings. The Labute approximate surface area is 342 Å². The molecule has 306 valence electrons. The molecule has 2 bridgehead atoms. The number of hydrogen-bond donors (Lipinski definition) is 4. The van der Waals surface area contributed by atoms with E-state index in [0.717, 1.165) is 64.3 Å². The number of hydrogen-bond acceptors (Lipinski definition) is 9. The smallest absolute Gasteiger partial charge is 0.407 e. The number of methoxy groups -OCH3 is 1. The maximum absolute atomic E-state index is 14.0. The lowest BCUT2D eigenvalue weighted by molar-refractivity contribution is -0.153. The van der Waals surface area contributed by atoms with Crippen molar-refractivity contribution in [2.75, 3.05) is 26.9 Å². The standard InChI is InChI=1S/C45H50N8O6/c1-26(2)39(52-44(56)57-3)43(55)53-25-45(58-17-18-59-45)20-36(53)40-47-23-34(50-40)30-10-6-28(7-11-30)29-8-12-31(13-9-29)35-24-48-41(51-35)37-32-14-15-33(19-32)38(37)42(54)49-22-27-5-4-16-46-21-27/h4-13,16,21,23-24,26,32-33,36-39H,14-15,17-20,22,25H2,1-3H3,(H,47,50)(H,48,51)(H,49,54)(H,52,56)/t32?,33?,36-,37?,38?,39-/m0/s1. The highest BCUT2D eigenvalue weighted by Crippen LogP contribution is 2.56. The molecule has 4 unspecified atom stereocenters. The van der Waals surface area contributed by atoms with Gasteiger partial charge in [0.15, 0.2) is 5.79 Å². The Bertz CT molecular complexity index is 2280. The van der Waals surface area contributed by atoms with Crippen molar-refractivity contribution in [3.05, 3.63) is 103 Å². The van der Waals surface area contributed by atoms with Crippen LogP contribution in [0.1, 0.15) is 68.7 Å². The van der Waals surface area contributed by atoms with Gasteiger partial charge in [0.1, 0.15) is 17.7 Å². The number of pyridine rings is 1. The van der Waals surface area contributed by atoms with Gasteiger partial charge in [-0.2, -0.15) is 0 Å². The first-order chi connectivity index (χ1) is 28.7. The van der Waals surface area contributed by atoms with Gasteiger partial charge in [-0.1, -0.05) is 68.4 Å². The highest BCUT2D eigenvalue weighted by atomic mass is 16.7. The van der Waals surface area contributed by atoms with Gasteiger partial charge in [-0.15, -0.1) is 0 Å². The number of carbonyl (C=O) groups excluding carboxylic acids is 3. The van der Waals surface area contributed by atoms with E-state index in [0.29, 0.717) is 43.8 Å². The van der Waals surface area contributed by atoms with Crippen molar-refractivity contribution in [3.8, 4) is 33.6 Å². The topological polar surface area (TPSA) is 176 Å². The molecule has 2 saturated heterocycles. The first-order valence-corrected chi connectivity index (χ1v) is 20.6. The molecule has 6 atom stereocenters. The number of nitrogens with one attached hydrogen (secondary N) is 4. The fourth-order valence-electron chi connectivity index (χ4n) is 9.76. The summed E-state index contributed by atoms with van der Waals surface area (Å²) in [4.78, 5) is 62.2. The third kappa shape index (κ3) is 7.62. The van der Waals surface area contributed by atoms with Gasteiger partial charge < -0.3 is 39.7 Å². The van der Waals surface area contributed by atoms with Crippen LogP contribution in [-0.4, -0.2) is 86.4 Å². The van der Waals surface area contributed by atoms with Crippen LogP contribution < -0.4 is 10.6 Å². The predicted molar refractivity (Wildman–Crippen MR) is 218 cm³/mol. The zero-order valence-corrected chi connectivity index (χ0v) is 33.5. The summed E-state index contributed by atoms with van der Waals surface area (Å²) < 4.78 is 16.9. The van der Waals surface area contributed by atoms with Crippen LogP contribution in [-0.2, 0) is 30.3 Å². The number of fused-ring (bicyclic) bond motifs is 2. The number of carbonyl (C=O) groups is 3. The van der Waals surface area contributed by atoms with Gasteiger partial charge in [-0.3, -0.25) is 14.6 Å². The van der Waals surface area contributed by atoms with Crippen molar-refractivity contribution in [1.29, 1.82) is 0 Å². The molecule has 14 heteroatoms. The number of ether oxygens (including phenoxy) is 3. The summed E-state index contributed by atoms with van der Waals surface area (Å²) in [6, 6.07) is 19.3. The number of aromatic nitrogens is 5. The highest BCUT2D eigenvalue weighted by Gasteiger charge is 2.54. The molecular formula is C45H50N8O6. The van der Waals surface area contributed by atoms with Gasteiger partial charge in [0, 0.05) is 31.3 Å². The van der Waals surface area contributed by atoms with E-state index in [1.54, 1.807) is 23.5 Å². The number of nitrogens with zero attached hydrogens (tertiary/aromatic N) is 4. The quantitative estimate of drug-likeness (QED) is 0.118. The van der Waals surface area contributed by atoms with E-state index in [9.17, 15) is 14.4 Å². The lowest BCUT2D eigenvalue weighted by Crippen LogP contribution is -2.52. The van der Waals surface area contributed by atoms with E-state index in [1.165, 1.54) is 7.11 Å². The summed E-state index contributed by atoms with van der Waals surface area (Å²) in [6.45, 7) is 5.35. The van der Waals surface area contributed by atoms with E-state index in [1.807, 2.05) is 32.2 Å². The molecule has 3 aromatic heterocycles. The molecular weight excluding hydrogens is 749 g/mol. The Morgan fingerprint density at radius 2 is 1.49 bits per heavy atom. The summed E-state index contributed by atoms with van der Waals surface area (Å²) in [6.07, 6.45) is 10.3. The minimum atomic E-state index is -0.922. The molecule has 2 aliphatic heterocycles. The van der Waals surface area contributed by atoms with Crippen LogP contribution in [0.2, 0.25) is 0 Å². The average molecular weight is 799 g/mol.